The van der Waals surface area contributed by atoms with Gasteiger partial charge in [0.15, 0.2) is 5.16 Å². The van der Waals surface area contributed by atoms with Gasteiger partial charge in [-0.3, -0.25) is 14.9 Å². The van der Waals surface area contributed by atoms with Crippen molar-refractivity contribution in [3.63, 3.8) is 0 Å². The first-order valence-electron chi connectivity index (χ1n) is 8.70. The Hall–Kier alpha value is -3.20. The van der Waals surface area contributed by atoms with Crippen molar-refractivity contribution in [2.75, 3.05) is 11.1 Å². The maximum absolute atomic E-state index is 12.2. The quantitative estimate of drug-likeness (QED) is 0.354. The fourth-order valence-corrected chi connectivity index (χ4v) is 3.47. The van der Waals surface area contributed by atoms with Crippen molar-refractivity contribution in [2.24, 2.45) is 0 Å². The Labute approximate surface area is 166 Å². The molecule has 0 atom stereocenters. The SMILES string of the molecule is CCn1c(Cc2ccccc2)nnc1SCC(=O)Nc1ccc([N+](=O)[O-])cc1. The molecule has 0 spiro atoms. The van der Waals surface area contributed by atoms with Crippen molar-refractivity contribution in [3.05, 3.63) is 76.1 Å². The van der Waals surface area contributed by atoms with Crippen LogP contribution in [-0.4, -0.2) is 31.3 Å². The number of benzene rings is 2. The first kappa shape index (κ1) is 19.6. The van der Waals surface area contributed by atoms with Gasteiger partial charge in [0.05, 0.1) is 10.7 Å². The lowest BCUT2D eigenvalue weighted by Crippen LogP contribution is -2.14. The van der Waals surface area contributed by atoms with Crippen molar-refractivity contribution >= 4 is 29.0 Å². The zero-order valence-electron chi connectivity index (χ0n) is 15.2. The molecule has 0 aliphatic carbocycles. The van der Waals surface area contributed by atoms with Gasteiger partial charge in [0.2, 0.25) is 5.91 Å². The molecule has 1 N–H and O–H groups in total. The molecule has 144 valence electrons. The van der Waals surface area contributed by atoms with Gasteiger partial charge >= 0.3 is 0 Å². The molecular formula is C19H19N5O3S. The Bertz CT molecular complexity index is 957. The van der Waals surface area contributed by atoms with Gasteiger partial charge in [-0.1, -0.05) is 42.1 Å². The van der Waals surface area contributed by atoms with E-state index < -0.39 is 4.92 Å². The van der Waals surface area contributed by atoms with Gasteiger partial charge in [-0.15, -0.1) is 10.2 Å². The highest BCUT2D eigenvalue weighted by Crippen LogP contribution is 2.20. The first-order chi connectivity index (χ1) is 13.6. The number of thioether (sulfide) groups is 1. The highest BCUT2D eigenvalue weighted by Gasteiger charge is 2.14. The summed E-state index contributed by atoms with van der Waals surface area (Å²) in [6.07, 6.45) is 0.678. The number of aromatic nitrogens is 3. The molecule has 0 saturated carbocycles. The third-order valence-electron chi connectivity index (χ3n) is 4.01. The van der Waals surface area contributed by atoms with Crippen LogP contribution in [0.15, 0.2) is 59.8 Å². The Morgan fingerprint density at radius 1 is 1.14 bits per heavy atom. The van der Waals surface area contributed by atoms with E-state index in [1.807, 2.05) is 41.8 Å². The summed E-state index contributed by atoms with van der Waals surface area (Å²) in [6.45, 7) is 2.72. The molecule has 0 fully saturated rings. The minimum absolute atomic E-state index is 0.0191. The first-order valence-corrected chi connectivity index (χ1v) is 9.68. The standard InChI is InChI=1S/C19H19N5O3S/c1-2-23-17(12-14-6-4-3-5-7-14)21-22-19(23)28-13-18(25)20-15-8-10-16(11-9-15)24(26)27/h3-11H,2,12-13H2,1H3,(H,20,25). The third-order valence-corrected chi connectivity index (χ3v) is 4.98. The van der Waals surface area contributed by atoms with Crippen LogP contribution in [0.3, 0.4) is 0 Å². The number of carbonyl (C=O) groups is 1. The summed E-state index contributed by atoms with van der Waals surface area (Å²) < 4.78 is 2.00. The van der Waals surface area contributed by atoms with Crippen LogP contribution in [0.2, 0.25) is 0 Å². The van der Waals surface area contributed by atoms with Crippen molar-refractivity contribution in [2.45, 2.75) is 25.0 Å². The predicted octanol–water partition coefficient (Wildman–Crippen LogP) is 3.53. The second kappa shape index (κ2) is 9.14. The van der Waals surface area contributed by atoms with Crippen molar-refractivity contribution in [1.82, 2.24) is 14.8 Å². The van der Waals surface area contributed by atoms with E-state index in [-0.39, 0.29) is 17.3 Å². The summed E-state index contributed by atoms with van der Waals surface area (Å²) in [4.78, 5) is 22.4. The van der Waals surface area contributed by atoms with E-state index in [0.717, 1.165) is 11.4 Å². The lowest BCUT2D eigenvalue weighted by Gasteiger charge is -2.08. The van der Waals surface area contributed by atoms with E-state index in [2.05, 4.69) is 15.5 Å². The molecule has 0 aliphatic rings. The number of nitrogens with one attached hydrogen (secondary N) is 1. The number of amides is 1. The molecule has 0 unspecified atom stereocenters. The van der Waals surface area contributed by atoms with Gasteiger partial charge in [-0.2, -0.15) is 0 Å². The second-order valence-electron chi connectivity index (χ2n) is 5.95. The Kier molecular flexibility index (Phi) is 6.38. The van der Waals surface area contributed by atoms with Crippen LogP contribution in [0, 0.1) is 10.1 Å². The topological polar surface area (TPSA) is 103 Å². The van der Waals surface area contributed by atoms with Crippen molar-refractivity contribution in [1.29, 1.82) is 0 Å². The zero-order chi connectivity index (χ0) is 19.9. The summed E-state index contributed by atoms with van der Waals surface area (Å²) in [6, 6.07) is 15.7. The molecule has 8 nitrogen and oxygen atoms in total. The van der Waals surface area contributed by atoms with Crippen molar-refractivity contribution in [3.8, 4) is 0 Å². The molecule has 0 aliphatic heterocycles. The van der Waals surface area contributed by atoms with Crippen LogP contribution < -0.4 is 5.32 Å². The molecule has 2 aromatic carbocycles. The summed E-state index contributed by atoms with van der Waals surface area (Å²) in [5.41, 5.74) is 1.64. The summed E-state index contributed by atoms with van der Waals surface area (Å²) in [5, 5.41) is 22.6. The van der Waals surface area contributed by atoms with Gasteiger partial charge < -0.3 is 9.88 Å². The van der Waals surface area contributed by atoms with E-state index in [9.17, 15) is 14.9 Å². The fourth-order valence-electron chi connectivity index (χ4n) is 2.65. The monoisotopic (exact) mass is 397 g/mol. The highest BCUT2D eigenvalue weighted by atomic mass is 32.2. The average molecular weight is 397 g/mol. The minimum atomic E-state index is -0.480. The van der Waals surface area contributed by atoms with Gasteiger partial charge in [0, 0.05) is 30.8 Å². The van der Waals surface area contributed by atoms with Crippen LogP contribution in [0.1, 0.15) is 18.3 Å². The number of nitrogens with zero attached hydrogens (tertiary/aromatic N) is 4. The molecule has 0 bridgehead atoms. The van der Waals surface area contributed by atoms with Gasteiger partial charge in [0.1, 0.15) is 5.82 Å². The minimum Gasteiger partial charge on any atom is -0.325 e. The van der Waals surface area contributed by atoms with E-state index >= 15 is 0 Å². The maximum atomic E-state index is 12.2. The number of nitro benzene ring substituents is 1. The largest absolute Gasteiger partial charge is 0.325 e. The number of carbonyl (C=O) groups excluding carboxylic acids is 1. The van der Waals surface area contributed by atoms with Gasteiger partial charge in [-0.05, 0) is 24.6 Å². The Morgan fingerprint density at radius 3 is 2.50 bits per heavy atom. The summed E-state index contributed by atoms with van der Waals surface area (Å²) >= 11 is 1.31. The molecule has 1 heterocycles. The van der Waals surface area contributed by atoms with E-state index in [4.69, 9.17) is 0 Å². The number of hydrogen-bond acceptors (Lipinski definition) is 6. The molecular weight excluding hydrogens is 378 g/mol. The molecule has 1 amide bonds. The number of nitro groups is 1. The average Bonchev–Trinajstić information content (AvgIpc) is 3.09. The molecule has 9 heteroatoms. The molecule has 0 radical (unpaired) electrons. The lowest BCUT2D eigenvalue weighted by molar-refractivity contribution is -0.384. The molecule has 1 aromatic heterocycles. The molecule has 3 rings (SSSR count). The van der Waals surface area contributed by atoms with Crippen LogP contribution in [0.5, 0.6) is 0 Å². The fraction of sp³-hybridized carbons (Fsp3) is 0.211. The van der Waals surface area contributed by atoms with Gasteiger partial charge in [0.25, 0.3) is 5.69 Å². The summed E-state index contributed by atoms with van der Waals surface area (Å²) in [5.74, 6) is 0.807. The smallest absolute Gasteiger partial charge is 0.269 e. The molecule has 3 aromatic rings. The number of hydrogen-bond donors (Lipinski definition) is 1. The number of anilines is 1. The van der Waals surface area contributed by atoms with E-state index in [1.54, 1.807) is 0 Å². The third kappa shape index (κ3) is 4.95. The highest BCUT2D eigenvalue weighted by molar-refractivity contribution is 7.99. The van der Waals surface area contributed by atoms with E-state index in [0.29, 0.717) is 23.8 Å². The second-order valence-corrected chi connectivity index (χ2v) is 6.89. The van der Waals surface area contributed by atoms with Crippen LogP contribution in [0.25, 0.3) is 0 Å². The Balaban J connectivity index is 1.59. The maximum Gasteiger partial charge on any atom is 0.269 e. The number of rotatable bonds is 8. The Morgan fingerprint density at radius 2 is 1.86 bits per heavy atom. The predicted molar refractivity (Wildman–Crippen MR) is 107 cm³/mol. The van der Waals surface area contributed by atoms with Crippen LogP contribution in [0.4, 0.5) is 11.4 Å². The van der Waals surface area contributed by atoms with Gasteiger partial charge in [-0.25, -0.2) is 0 Å². The number of non-ortho nitro benzene ring substituents is 1. The molecule has 0 saturated heterocycles. The lowest BCUT2D eigenvalue weighted by atomic mass is 10.1. The summed E-state index contributed by atoms with van der Waals surface area (Å²) in [7, 11) is 0. The zero-order valence-corrected chi connectivity index (χ0v) is 16.1. The van der Waals surface area contributed by atoms with Crippen LogP contribution in [-0.2, 0) is 17.8 Å². The van der Waals surface area contributed by atoms with E-state index in [1.165, 1.54) is 36.0 Å². The molecule has 28 heavy (non-hydrogen) atoms. The van der Waals surface area contributed by atoms with Crippen LogP contribution >= 0.6 is 11.8 Å². The normalized spacial score (nSPS) is 10.6. The van der Waals surface area contributed by atoms with Crippen molar-refractivity contribution < 1.29 is 9.72 Å².